The number of H-pyrrole nitrogens is 1. The molecule has 0 saturated carbocycles. The van der Waals surface area contributed by atoms with Crippen LogP contribution in [-0.2, 0) is 4.79 Å². The van der Waals surface area contributed by atoms with E-state index in [1.807, 2.05) is 36.4 Å². The van der Waals surface area contributed by atoms with Crippen LogP contribution in [0.3, 0.4) is 0 Å². The molecule has 0 bridgehead atoms. The first-order chi connectivity index (χ1) is 10.1. The first-order valence-corrected chi connectivity index (χ1v) is 6.73. The fourth-order valence-corrected chi connectivity index (χ4v) is 2.34. The standard InChI is InChI=1S/C16H12ClN3O/c17-14-7-6-12-11(9-19-16(12)20-14)8-13(15(18)21)10-4-2-1-3-5-10/h1-9H,(H2,18,21)(H,19,20)/b13-8+. The second-order valence-electron chi connectivity index (χ2n) is 4.56. The number of fused-ring (bicyclic) bond motifs is 1. The van der Waals surface area contributed by atoms with Crippen molar-refractivity contribution in [3.05, 3.63) is 64.9 Å². The Balaban J connectivity index is 2.14. The van der Waals surface area contributed by atoms with Gasteiger partial charge in [0.25, 0.3) is 0 Å². The van der Waals surface area contributed by atoms with Crippen LogP contribution >= 0.6 is 11.6 Å². The maximum absolute atomic E-state index is 11.7. The van der Waals surface area contributed by atoms with Gasteiger partial charge in [-0.25, -0.2) is 4.98 Å². The van der Waals surface area contributed by atoms with Crippen molar-refractivity contribution < 1.29 is 4.79 Å². The van der Waals surface area contributed by atoms with E-state index in [0.29, 0.717) is 16.4 Å². The molecule has 0 unspecified atom stereocenters. The largest absolute Gasteiger partial charge is 0.366 e. The van der Waals surface area contributed by atoms with E-state index in [4.69, 9.17) is 17.3 Å². The summed E-state index contributed by atoms with van der Waals surface area (Å²) in [4.78, 5) is 18.9. The summed E-state index contributed by atoms with van der Waals surface area (Å²) in [5.74, 6) is -0.475. The maximum atomic E-state index is 11.7. The molecule has 2 heterocycles. The van der Waals surface area contributed by atoms with Crippen molar-refractivity contribution in [3.8, 4) is 0 Å². The van der Waals surface area contributed by atoms with Crippen molar-refractivity contribution in [2.75, 3.05) is 0 Å². The quantitative estimate of drug-likeness (QED) is 0.575. The van der Waals surface area contributed by atoms with Gasteiger partial charge in [0.2, 0.25) is 5.91 Å². The molecular weight excluding hydrogens is 286 g/mol. The number of aromatic amines is 1. The molecule has 3 N–H and O–H groups in total. The third kappa shape index (κ3) is 2.66. The predicted molar refractivity (Wildman–Crippen MR) is 84.6 cm³/mol. The molecule has 1 amide bonds. The van der Waals surface area contributed by atoms with Crippen LogP contribution in [0.5, 0.6) is 0 Å². The monoisotopic (exact) mass is 297 g/mol. The van der Waals surface area contributed by atoms with Gasteiger partial charge in [-0.05, 0) is 23.8 Å². The smallest absolute Gasteiger partial charge is 0.249 e. The molecular formula is C16H12ClN3O. The lowest BCUT2D eigenvalue weighted by Crippen LogP contribution is -2.12. The molecule has 0 aliphatic heterocycles. The van der Waals surface area contributed by atoms with Gasteiger partial charge in [0, 0.05) is 22.7 Å². The van der Waals surface area contributed by atoms with E-state index in [2.05, 4.69) is 9.97 Å². The summed E-state index contributed by atoms with van der Waals surface area (Å²) in [5, 5.41) is 1.30. The molecule has 3 rings (SSSR count). The van der Waals surface area contributed by atoms with E-state index >= 15 is 0 Å². The number of halogens is 1. The lowest BCUT2D eigenvalue weighted by Gasteiger charge is -2.03. The zero-order valence-electron chi connectivity index (χ0n) is 11.0. The van der Waals surface area contributed by atoms with Crippen molar-refractivity contribution in [2.45, 2.75) is 0 Å². The SMILES string of the molecule is NC(=O)/C(=C/c1c[nH]c2nc(Cl)ccc12)c1ccccc1. The van der Waals surface area contributed by atoms with Gasteiger partial charge in [-0.3, -0.25) is 4.79 Å². The third-order valence-electron chi connectivity index (χ3n) is 3.19. The second kappa shape index (κ2) is 5.42. The molecule has 0 fully saturated rings. The summed E-state index contributed by atoms with van der Waals surface area (Å²) in [6.45, 7) is 0. The summed E-state index contributed by atoms with van der Waals surface area (Å²) < 4.78 is 0. The molecule has 4 nitrogen and oxygen atoms in total. The lowest BCUT2D eigenvalue weighted by atomic mass is 10.0. The van der Waals surface area contributed by atoms with Crippen LogP contribution in [0.15, 0.2) is 48.7 Å². The number of amides is 1. The van der Waals surface area contributed by atoms with Crippen molar-refractivity contribution in [3.63, 3.8) is 0 Å². The first-order valence-electron chi connectivity index (χ1n) is 6.36. The van der Waals surface area contributed by atoms with E-state index in [9.17, 15) is 4.79 Å². The van der Waals surface area contributed by atoms with Gasteiger partial charge in [-0.2, -0.15) is 0 Å². The van der Waals surface area contributed by atoms with Gasteiger partial charge in [-0.1, -0.05) is 41.9 Å². The molecule has 0 aliphatic carbocycles. The molecule has 0 radical (unpaired) electrons. The molecule has 2 aromatic heterocycles. The molecule has 0 aliphatic rings. The number of nitrogens with two attached hydrogens (primary N) is 1. The third-order valence-corrected chi connectivity index (χ3v) is 3.40. The summed E-state index contributed by atoms with van der Waals surface area (Å²) in [5.41, 5.74) is 8.24. The van der Waals surface area contributed by atoms with Gasteiger partial charge in [0.15, 0.2) is 0 Å². The number of benzene rings is 1. The minimum absolute atomic E-state index is 0.415. The van der Waals surface area contributed by atoms with Crippen molar-refractivity contribution >= 4 is 40.2 Å². The highest BCUT2D eigenvalue weighted by Crippen LogP contribution is 2.24. The van der Waals surface area contributed by atoms with Crippen molar-refractivity contribution in [1.29, 1.82) is 0 Å². The van der Waals surface area contributed by atoms with Crippen LogP contribution in [0.2, 0.25) is 5.15 Å². The molecule has 5 heteroatoms. The molecule has 21 heavy (non-hydrogen) atoms. The minimum Gasteiger partial charge on any atom is -0.366 e. The molecule has 104 valence electrons. The normalized spacial score (nSPS) is 11.8. The predicted octanol–water partition coefficient (Wildman–Crippen LogP) is 3.24. The summed E-state index contributed by atoms with van der Waals surface area (Å²) in [6, 6.07) is 12.9. The fraction of sp³-hybridized carbons (Fsp3) is 0. The van der Waals surface area contributed by atoms with Crippen LogP contribution in [-0.4, -0.2) is 15.9 Å². The van der Waals surface area contributed by atoms with Gasteiger partial charge in [0.1, 0.15) is 10.8 Å². The van der Waals surface area contributed by atoms with Gasteiger partial charge < -0.3 is 10.7 Å². The van der Waals surface area contributed by atoms with E-state index in [-0.39, 0.29) is 0 Å². The van der Waals surface area contributed by atoms with Crippen LogP contribution < -0.4 is 5.73 Å². The highest BCUT2D eigenvalue weighted by Gasteiger charge is 2.10. The summed E-state index contributed by atoms with van der Waals surface area (Å²) in [6.07, 6.45) is 3.53. The molecule has 1 aromatic carbocycles. The van der Waals surface area contributed by atoms with E-state index in [1.165, 1.54) is 0 Å². The lowest BCUT2D eigenvalue weighted by molar-refractivity contribution is -0.112. The Morgan fingerprint density at radius 3 is 2.67 bits per heavy atom. The number of nitrogens with zero attached hydrogens (tertiary/aromatic N) is 1. The Morgan fingerprint density at radius 2 is 1.95 bits per heavy atom. The summed E-state index contributed by atoms with van der Waals surface area (Å²) >= 11 is 5.86. The number of pyridine rings is 1. The topological polar surface area (TPSA) is 71.8 Å². The summed E-state index contributed by atoms with van der Waals surface area (Å²) in [7, 11) is 0. The number of nitrogens with one attached hydrogen (secondary N) is 1. The van der Waals surface area contributed by atoms with E-state index in [0.717, 1.165) is 16.5 Å². The van der Waals surface area contributed by atoms with Gasteiger partial charge in [0.05, 0.1) is 0 Å². The number of hydrogen-bond donors (Lipinski definition) is 2. The molecule has 0 saturated heterocycles. The first kappa shape index (κ1) is 13.4. The van der Waals surface area contributed by atoms with Crippen molar-refractivity contribution in [1.82, 2.24) is 9.97 Å². The molecule has 0 spiro atoms. The Hall–Kier alpha value is -2.59. The number of aromatic nitrogens is 2. The Morgan fingerprint density at radius 1 is 1.19 bits per heavy atom. The number of carbonyl (C=O) groups is 1. The van der Waals surface area contributed by atoms with Crippen LogP contribution in [0.4, 0.5) is 0 Å². The highest BCUT2D eigenvalue weighted by atomic mass is 35.5. The number of rotatable bonds is 3. The fourth-order valence-electron chi connectivity index (χ4n) is 2.19. The van der Waals surface area contributed by atoms with Crippen molar-refractivity contribution in [2.24, 2.45) is 5.73 Å². The van der Waals surface area contributed by atoms with Crippen LogP contribution in [0.1, 0.15) is 11.1 Å². The number of primary amides is 1. The van der Waals surface area contributed by atoms with Gasteiger partial charge >= 0.3 is 0 Å². The zero-order chi connectivity index (χ0) is 14.8. The maximum Gasteiger partial charge on any atom is 0.249 e. The Labute approximate surface area is 126 Å². The molecule has 3 aromatic rings. The minimum atomic E-state index is -0.475. The van der Waals surface area contributed by atoms with E-state index < -0.39 is 5.91 Å². The Bertz CT molecular complexity index is 837. The zero-order valence-corrected chi connectivity index (χ0v) is 11.8. The van der Waals surface area contributed by atoms with Crippen LogP contribution in [0.25, 0.3) is 22.7 Å². The van der Waals surface area contributed by atoms with Gasteiger partial charge in [-0.15, -0.1) is 0 Å². The van der Waals surface area contributed by atoms with E-state index in [1.54, 1.807) is 18.3 Å². The highest BCUT2D eigenvalue weighted by molar-refractivity contribution is 6.30. The molecule has 0 atom stereocenters. The average Bonchev–Trinajstić information content (AvgIpc) is 2.87. The average molecular weight is 298 g/mol. The Kier molecular flexibility index (Phi) is 3.46. The number of hydrogen-bond acceptors (Lipinski definition) is 2. The number of carbonyl (C=O) groups excluding carboxylic acids is 1. The van der Waals surface area contributed by atoms with Crippen LogP contribution in [0, 0.1) is 0 Å². The second-order valence-corrected chi connectivity index (χ2v) is 4.95.